The summed E-state index contributed by atoms with van der Waals surface area (Å²) in [6.45, 7) is 7.77. The Morgan fingerprint density at radius 3 is 2.51 bits per heavy atom. The number of ether oxygens (including phenoxy) is 2. The molecular formula is C29H35AcN3O6. The number of aliphatic hydroxyl groups is 1. The summed E-state index contributed by atoms with van der Waals surface area (Å²) in [5, 5.41) is 37.6. The van der Waals surface area contributed by atoms with E-state index in [1.165, 1.54) is 6.08 Å². The number of likely N-dealkylation sites (N-methyl/N-ethyl adjacent to an activating group) is 1. The quantitative estimate of drug-likeness (QED) is 0.355. The number of phenolic OH excluding ortho intramolecular Hbond substituents is 2. The predicted molar refractivity (Wildman–Crippen MR) is 140 cm³/mol. The van der Waals surface area contributed by atoms with Gasteiger partial charge in [-0.2, -0.15) is 0 Å². The van der Waals surface area contributed by atoms with Gasteiger partial charge in [0.05, 0.1) is 18.1 Å². The molecule has 4 aliphatic heterocycles. The summed E-state index contributed by atoms with van der Waals surface area (Å²) in [7, 11) is 2.00. The zero-order chi connectivity index (χ0) is 27.0. The number of aryl methyl sites for hydroxylation is 1. The molecule has 1 radical (unpaired) electrons. The zero-order valence-corrected chi connectivity index (χ0v) is 27.7. The van der Waals surface area contributed by atoms with Crippen LogP contribution in [0.5, 0.6) is 23.0 Å². The fourth-order valence-electron chi connectivity index (χ4n) is 7.12. The number of hydrogen-bond acceptors (Lipinski definition) is 8. The summed E-state index contributed by atoms with van der Waals surface area (Å²) >= 11 is 0. The monoisotopic (exact) mass is 748 g/mol. The van der Waals surface area contributed by atoms with Crippen LogP contribution in [0.3, 0.4) is 0 Å². The average molecular weight is 749 g/mol. The number of piperazine rings is 1. The van der Waals surface area contributed by atoms with E-state index in [1.54, 1.807) is 13.0 Å². The second-order valence-corrected chi connectivity index (χ2v) is 10.9. The third kappa shape index (κ3) is 4.21. The number of hydrogen-bond donors (Lipinski definition) is 4. The van der Waals surface area contributed by atoms with Gasteiger partial charge in [0, 0.05) is 78.9 Å². The third-order valence-corrected chi connectivity index (χ3v) is 9.08. The Bertz CT molecular complexity index is 1380. The maximum Gasteiger partial charge on any atom is 0.243 e. The molecule has 1 fully saturated rings. The van der Waals surface area contributed by atoms with Gasteiger partial charge in [-0.15, -0.1) is 0 Å². The summed E-state index contributed by atoms with van der Waals surface area (Å²) in [6, 6.07) is 0.928. The van der Waals surface area contributed by atoms with E-state index in [9.17, 15) is 20.1 Å². The number of nitrogens with zero attached hydrogens (tertiary/aromatic N) is 2. The first-order chi connectivity index (χ1) is 18.1. The Labute approximate surface area is 264 Å². The number of fused-ring (bicyclic) bond motifs is 9. The van der Waals surface area contributed by atoms with Crippen LogP contribution >= 0.6 is 0 Å². The third-order valence-electron chi connectivity index (χ3n) is 9.08. The molecule has 1 saturated heterocycles. The van der Waals surface area contributed by atoms with Crippen molar-refractivity contribution in [2.24, 2.45) is 0 Å². The normalized spacial score (nSPS) is 27.0. The van der Waals surface area contributed by atoms with Crippen LogP contribution in [0.15, 0.2) is 18.2 Å². The fourth-order valence-corrected chi connectivity index (χ4v) is 7.12. The van der Waals surface area contributed by atoms with E-state index in [-0.39, 0.29) is 87.2 Å². The zero-order valence-electron chi connectivity index (χ0n) is 23.0. The first kappa shape index (κ1) is 28.7. The van der Waals surface area contributed by atoms with Gasteiger partial charge >= 0.3 is 0 Å². The number of allylic oxidation sites excluding steroid dienone is 1. The maximum absolute atomic E-state index is 12.5. The summed E-state index contributed by atoms with van der Waals surface area (Å²) in [6.07, 6.45) is 3.31. The molecule has 9 nitrogen and oxygen atoms in total. The molecule has 4 heterocycles. The van der Waals surface area contributed by atoms with E-state index < -0.39 is 12.3 Å². The number of amides is 1. The van der Waals surface area contributed by atoms with Crippen LogP contribution in [-0.4, -0.2) is 69.7 Å². The molecule has 0 aliphatic carbocycles. The molecule has 1 unspecified atom stereocenters. The number of carbonyl (C=O) groups is 1. The van der Waals surface area contributed by atoms with Crippen LogP contribution in [0, 0.1) is 64.8 Å². The molecular weight excluding hydrogens is 713 g/mol. The van der Waals surface area contributed by atoms with Gasteiger partial charge in [0.25, 0.3) is 0 Å². The van der Waals surface area contributed by atoms with E-state index in [2.05, 4.69) is 21.2 Å². The predicted octanol–water partition coefficient (Wildman–Crippen LogP) is 2.64. The minimum Gasteiger partial charge on any atom is -0.507 e. The van der Waals surface area contributed by atoms with E-state index in [0.29, 0.717) is 35.7 Å². The van der Waals surface area contributed by atoms with E-state index in [1.807, 2.05) is 27.8 Å². The summed E-state index contributed by atoms with van der Waals surface area (Å²) < 4.78 is 11.7. The smallest absolute Gasteiger partial charge is 0.243 e. The van der Waals surface area contributed by atoms with Crippen molar-refractivity contribution in [2.75, 3.05) is 20.4 Å². The van der Waals surface area contributed by atoms with Gasteiger partial charge in [-0.25, -0.2) is 0 Å². The maximum atomic E-state index is 12.5. The van der Waals surface area contributed by atoms with E-state index in [4.69, 9.17) is 9.47 Å². The molecule has 205 valence electrons. The van der Waals surface area contributed by atoms with Gasteiger partial charge in [-0.3, -0.25) is 14.6 Å². The van der Waals surface area contributed by atoms with Crippen molar-refractivity contribution in [1.29, 1.82) is 0 Å². The van der Waals surface area contributed by atoms with Crippen molar-refractivity contribution in [2.45, 2.75) is 70.9 Å². The van der Waals surface area contributed by atoms with Crippen LogP contribution in [0.25, 0.3) is 0 Å². The molecule has 2 aromatic carbocycles. The number of aliphatic hydroxyl groups excluding tert-OH is 1. The molecule has 5 atom stereocenters. The number of rotatable bonds is 3. The Kier molecular flexibility index (Phi) is 7.75. The molecule has 6 rings (SSSR count). The Hall–Kier alpha value is -1.83. The molecule has 39 heavy (non-hydrogen) atoms. The topological polar surface area (TPSA) is 115 Å². The van der Waals surface area contributed by atoms with E-state index >= 15 is 0 Å². The number of aromatic hydroxyl groups is 2. The van der Waals surface area contributed by atoms with Crippen molar-refractivity contribution >= 4 is 5.91 Å². The molecule has 4 aliphatic rings. The van der Waals surface area contributed by atoms with Crippen molar-refractivity contribution in [3.05, 3.63) is 57.2 Å². The molecule has 0 aromatic heterocycles. The minimum atomic E-state index is -0.851. The van der Waals surface area contributed by atoms with Crippen molar-refractivity contribution < 1.29 is 73.7 Å². The van der Waals surface area contributed by atoms with Crippen LogP contribution in [0.4, 0.5) is 0 Å². The molecule has 4 N–H and O–H groups in total. The minimum absolute atomic E-state index is 0. The Morgan fingerprint density at radius 1 is 1.08 bits per heavy atom. The van der Waals surface area contributed by atoms with Gasteiger partial charge in [0.1, 0.15) is 17.7 Å². The number of nitrogens with one attached hydrogen (secondary N) is 1. The molecule has 2 bridgehead atoms. The van der Waals surface area contributed by atoms with Gasteiger partial charge < -0.3 is 30.1 Å². The number of carbonyl (C=O) groups excluding carboxylic acids is 1. The van der Waals surface area contributed by atoms with Gasteiger partial charge in [0.15, 0.2) is 11.5 Å². The fraction of sp³-hybridized carbons (Fsp3) is 0.483. The molecule has 0 saturated carbocycles. The van der Waals surface area contributed by atoms with Crippen LogP contribution in [-0.2, 0) is 17.6 Å². The largest absolute Gasteiger partial charge is 0.507 e. The van der Waals surface area contributed by atoms with Crippen molar-refractivity contribution in [3.63, 3.8) is 0 Å². The van der Waals surface area contributed by atoms with Gasteiger partial charge in [-0.1, -0.05) is 12.1 Å². The van der Waals surface area contributed by atoms with Crippen molar-refractivity contribution in [1.82, 2.24) is 15.1 Å². The summed E-state index contributed by atoms with van der Waals surface area (Å²) in [4.78, 5) is 16.7. The molecule has 0 spiro atoms. The molecule has 10 heteroatoms. The second kappa shape index (κ2) is 10.5. The SMILES string of the molecule is C/C=C/C(=O)NC[C@H]1c2c(c(O)c(C)c3c2OCO3)CC2[C@@H]3c4c(cc(C)c(C)c4O)C[C@@H]([C@H](O)N21)N3C.[Ac]. The first-order valence-corrected chi connectivity index (χ1v) is 13.2. The Morgan fingerprint density at radius 2 is 1.79 bits per heavy atom. The standard InChI is InChI=1S/C29H35N3O6.Ac/c1-6-7-21(33)30-11-20-23-17(25(34)15(4)27-28(23)38-12-37-27)10-18-24-22-16(8-13(2)14(3)26(22)35)9-19(31(24)5)29(36)32(18)20;/h6-8,18-20,24,29,34-36H,9-12H2,1-5H3,(H,30,33);/b7-6+;/t18?,19-,20-,24+,29-;/m0./s1. The number of phenols is 2. The van der Waals surface area contributed by atoms with Crippen LogP contribution in [0.1, 0.15) is 58.0 Å². The average Bonchev–Trinajstić information content (AvgIpc) is 3.37. The van der Waals surface area contributed by atoms with Gasteiger partial charge in [-0.05, 0) is 70.4 Å². The van der Waals surface area contributed by atoms with Crippen LogP contribution in [0.2, 0.25) is 0 Å². The summed E-state index contributed by atoms with van der Waals surface area (Å²) in [5.41, 5.74) is 5.88. The Balaban J connectivity index is 0.00000308. The second-order valence-electron chi connectivity index (χ2n) is 10.9. The van der Waals surface area contributed by atoms with Gasteiger partial charge in [0.2, 0.25) is 12.7 Å². The van der Waals surface area contributed by atoms with Crippen LogP contribution < -0.4 is 14.8 Å². The number of benzene rings is 2. The first-order valence-electron chi connectivity index (χ1n) is 13.2. The summed E-state index contributed by atoms with van der Waals surface area (Å²) in [5.74, 6) is 1.27. The molecule has 2 aromatic rings. The van der Waals surface area contributed by atoms with E-state index in [0.717, 1.165) is 33.4 Å². The van der Waals surface area contributed by atoms with Crippen molar-refractivity contribution in [3.8, 4) is 23.0 Å². The molecule has 1 amide bonds.